The number of carbonyl (C=O) groups is 2. The van der Waals surface area contributed by atoms with Gasteiger partial charge in [-0.1, -0.05) is 0 Å². The fraction of sp³-hybridized carbons (Fsp3) is 0.348. The summed E-state index contributed by atoms with van der Waals surface area (Å²) >= 11 is 0. The fourth-order valence-corrected chi connectivity index (χ4v) is 3.72. The Labute approximate surface area is 189 Å². The summed E-state index contributed by atoms with van der Waals surface area (Å²) in [5.41, 5.74) is 2.82. The first-order valence-corrected chi connectivity index (χ1v) is 10.9. The van der Waals surface area contributed by atoms with Crippen molar-refractivity contribution < 1.29 is 23.8 Å². The molecule has 1 saturated carbocycles. The minimum absolute atomic E-state index is 0.118. The third-order valence-electron chi connectivity index (χ3n) is 5.44. The normalized spacial score (nSPS) is 14.2. The molecular formula is C23H23N5O5. The molecule has 1 aliphatic heterocycles. The van der Waals surface area contributed by atoms with Gasteiger partial charge in [0.1, 0.15) is 0 Å². The van der Waals surface area contributed by atoms with Gasteiger partial charge in [0.25, 0.3) is 11.9 Å². The molecule has 170 valence electrons. The molecule has 1 amide bonds. The van der Waals surface area contributed by atoms with Crippen LogP contribution in [0.1, 0.15) is 48.2 Å². The smallest absolute Gasteiger partial charge is 0.307 e. The largest absolute Gasteiger partial charge is 0.466 e. The maximum Gasteiger partial charge on any atom is 0.307 e. The number of fused-ring (bicyclic) bond motifs is 1. The van der Waals surface area contributed by atoms with Gasteiger partial charge < -0.3 is 19.5 Å². The second-order valence-corrected chi connectivity index (χ2v) is 7.75. The van der Waals surface area contributed by atoms with Crippen LogP contribution in [0.5, 0.6) is 11.5 Å². The lowest BCUT2D eigenvalue weighted by Gasteiger charge is -2.09. The van der Waals surface area contributed by atoms with Crippen molar-refractivity contribution in [2.24, 2.45) is 0 Å². The van der Waals surface area contributed by atoms with Crippen molar-refractivity contribution in [2.75, 3.05) is 19.9 Å². The summed E-state index contributed by atoms with van der Waals surface area (Å²) in [5.74, 6) is 1.36. The van der Waals surface area contributed by atoms with E-state index in [-0.39, 0.29) is 37.6 Å². The van der Waals surface area contributed by atoms with E-state index in [4.69, 9.17) is 14.2 Å². The van der Waals surface area contributed by atoms with E-state index in [1.807, 2.05) is 24.3 Å². The molecule has 0 bridgehead atoms. The molecule has 3 heterocycles. The zero-order valence-electron chi connectivity index (χ0n) is 18.1. The molecule has 0 spiro atoms. The number of hydrogen-bond acceptors (Lipinski definition) is 8. The van der Waals surface area contributed by atoms with E-state index in [1.54, 1.807) is 17.8 Å². The first-order valence-electron chi connectivity index (χ1n) is 10.9. The number of carbonyl (C=O) groups excluding carboxylic acids is 2. The molecule has 0 saturated heterocycles. The number of ether oxygens (including phenoxy) is 3. The SMILES string of the molecule is CCOC(=O)CCNC(=O)c1cnn(-c2nccc(-c3ccc4c(c3)OCO4)n2)c1C1CC1. The summed E-state index contributed by atoms with van der Waals surface area (Å²) in [6.45, 7) is 2.46. The zero-order chi connectivity index (χ0) is 22.8. The minimum Gasteiger partial charge on any atom is -0.466 e. The van der Waals surface area contributed by atoms with E-state index < -0.39 is 0 Å². The summed E-state index contributed by atoms with van der Waals surface area (Å²) in [7, 11) is 0. The van der Waals surface area contributed by atoms with Crippen LogP contribution < -0.4 is 14.8 Å². The first-order chi connectivity index (χ1) is 16.1. The molecule has 1 fully saturated rings. The highest BCUT2D eigenvalue weighted by atomic mass is 16.7. The van der Waals surface area contributed by atoms with Crippen molar-refractivity contribution in [3.8, 4) is 28.7 Å². The van der Waals surface area contributed by atoms with Gasteiger partial charge in [0.2, 0.25) is 6.79 Å². The van der Waals surface area contributed by atoms with Crippen LogP contribution in [0.4, 0.5) is 0 Å². The van der Waals surface area contributed by atoms with Gasteiger partial charge in [-0.05, 0) is 44.0 Å². The van der Waals surface area contributed by atoms with Gasteiger partial charge in [0, 0.05) is 24.2 Å². The number of benzene rings is 1. The van der Waals surface area contributed by atoms with E-state index in [9.17, 15) is 9.59 Å². The maximum atomic E-state index is 12.8. The second-order valence-electron chi connectivity index (χ2n) is 7.75. The van der Waals surface area contributed by atoms with Crippen LogP contribution in [0.3, 0.4) is 0 Å². The minimum atomic E-state index is -0.343. The van der Waals surface area contributed by atoms with Crippen molar-refractivity contribution in [1.29, 1.82) is 0 Å². The molecule has 10 nitrogen and oxygen atoms in total. The molecule has 10 heteroatoms. The Bertz CT molecular complexity index is 1200. The third-order valence-corrected chi connectivity index (χ3v) is 5.44. The number of hydrogen-bond donors (Lipinski definition) is 1. The quantitative estimate of drug-likeness (QED) is 0.522. The summed E-state index contributed by atoms with van der Waals surface area (Å²) in [6.07, 6.45) is 5.25. The van der Waals surface area contributed by atoms with Crippen LogP contribution in [0.2, 0.25) is 0 Å². The Kier molecular flexibility index (Phi) is 5.64. The van der Waals surface area contributed by atoms with Gasteiger partial charge in [-0.15, -0.1) is 0 Å². The van der Waals surface area contributed by atoms with Crippen molar-refractivity contribution in [3.05, 3.63) is 47.9 Å². The number of aromatic nitrogens is 4. The van der Waals surface area contributed by atoms with Gasteiger partial charge in [0.15, 0.2) is 11.5 Å². The summed E-state index contributed by atoms with van der Waals surface area (Å²) in [5, 5.41) is 7.21. The number of nitrogens with one attached hydrogen (secondary N) is 1. The van der Waals surface area contributed by atoms with Gasteiger partial charge in [-0.2, -0.15) is 5.10 Å². The lowest BCUT2D eigenvalue weighted by atomic mass is 10.1. The Morgan fingerprint density at radius 2 is 2.06 bits per heavy atom. The molecule has 3 aromatic rings. The molecule has 1 aromatic carbocycles. The first kappa shape index (κ1) is 20.9. The third kappa shape index (κ3) is 4.36. The van der Waals surface area contributed by atoms with Crippen LogP contribution in [0.15, 0.2) is 36.7 Å². The van der Waals surface area contributed by atoms with Gasteiger partial charge in [-0.3, -0.25) is 9.59 Å². The van der Waals surface area contributed by atoms with Crippen LogP contribution in [0.25, 0.3) is 17.2 Å². The Morgan fingerprint density at radius 3 is 2.88 bits per heavy atom. The molecule has 2 aromatic heterocycles. The summed E-state index contributed by atoms with van der Waals surface area (Å²) < 4.78 is 17.4. The standard InChI is InChI=1S/C23H23N5O5/c1-2-31-20(29)8-10-24-22(30)16-12-26-28(21(16)14-3-4-14)23-25-9-7-17(27-23)15-5-6-18-19(11-15)33-13-32-18/h5-7,9,11-12,14H,2-4,8,10,13H2,1H3,(H,24,30). The highest BCUT2D eigenvalue weighted by Gasteiger charge is 2.33. The Morgan fingerprint density at radius 1 is 1.21 bits per heavy atom. The predicted molar refractivity (Wildman–Crippen MR) is 116 cm³/mol. The Balaban J connectivity index is 1.39. The molecule has 33 heavy (non-hydrogen) atoms. The molecule has 5 rings (SSSR count). The van der Waals surface area contributed by atoms with Crippen molar-refractivity contribution in [2.45, 2.75) is 32.1 Å². The second kappa shape index (κ2) is 8.89. The number of esters is 1. The van der Waals surface area contributed by atoms with E-state index in [1.165, 1.54) is 6.20 Å². The average molecular weight is 449 g/mol. The van der Waals surface area contributed by atoms with Crippen LogP contribution in [0, 0.1) is 0 Å². The fourth-order valence-electron chi connectivity index (χ4n) is 3.72. The maximum absolute atomic E-state index is 12.8. The lowest BCUT2D eigenvalue weighted by molar-refractivity contribution is -0.142. The lowest BCUT2D eigenvalue weighted by Crippen LogP contribution is -2.27. The molecule has 0 radical (unpaired) electrons. The highest BCUT2D eigenvalue weighted by molar-refractivity contribution is 5.95. The van der Waals surface area contributed by atoms with Gasteiger partial charge >= 0.3 is 5.97 Å². The topological polar surface area (TPSA) is 117 Å². The van der Waals surface area contributed by atoms with Gasteiger partial charge in [0.05, 0.1) is 36.2 Å². The highest BCUT2D eigenvalue weighted by Crippen LogP contribution is 2.42. The number of nitrogens with zero attached hydrogens (tertiary/aromatic N) is 4. The number of amides is 1. The molecule has 0 atom stereocenters. The van der Waals surface area contributed by atoms with E-state index in [0.29, 0.717) is 35.3 Å². The molecule has 1 N–H and O–H groups in total. The summed E-state index contributed by atoms with van der Waals surface area (Å²) in [4.78, 5) is 33.4. The Hall–Kier alpha value is -3.95. The van der Waals surface area contributed by atoms with Crippen LogP contribution in [-0.2, 0) is 9.53 Å². The van der Waals surface area contributed by atoms with E-state index in [0.717, 1.165) is 24.1 Å². The predicted octanol–water partition coefficient (Wildman–Crippen LogP) is 2.62. The van der Waals surface area contributed by atoms with Crippen molar-refractivity contribution >= 4 is 11.9 Å². The molecule has 0 unspecified atom stereocenters. The van der Waals surface area contributed by atoms with Gasteiger partial charge in [-0.25, -0.2) is 14.6 Å². The molecular weight excluding hydrogens is 426 g/mol. The van der Waals surface area contributed by atoms with Crippen molar-refractivity contribution in [1.82, 2.24) is 25.1 Å². The van der Waals surface area contributed by atoms with E-state index >= 15 is 0 Å². The number of rotatable bonds is 8. The zero-order valence-corrected chi connectivity index (χ0v) is 18.1. The van der Waals surface area contributed by atoms with Crippen molar-refractivity contribution in [3.63, 3.8) is 0 Å². The molecule has 2 aliphatic rings. The average Bonchev–Trinajstić information content (AvgIpc) is 3.38. The van der Waals surface area contributed by atoms with Crippen LogP contribution in [-0.4, -0.2) is 51.6 Å². The molecule has 1 aliphatic carbocycles. The van der Waals surface area contributed by atoms with Crippen LogP contribution >= 0.6 is 0 Å². The monoisotopic (exact) mass is 449 g/mol. The van der Waals surface area contributed by atoms with E-state index in [2.05, 4.69) is 20.4 Å². The summed E-state index contributed by atoms with van der Waals surface area (Å²) in [6, 6.07) is 7.45.